The normalized spacial score (nSPS) is 0. The first kappa shape index (κ1) is 54.0. The molecule has 6 heavy (non-hydrogen) atoms. The second-order valence-corrected chi connectivity index (χ2v) is 0. The van der Waals surface area contributed by atoms with E-state index in [2.05, 4.69) is 0 Å². The van der Waals surface area contributed by atoms with Crippen molar-refractivity contribution in [3.63, 3.8) is 0 Å². The van der Waals surface area contributed by atoms with Crippen molar-refractivity contribution in [2.24, 2.45) is 0 Å². The van der Waals surface area contributed by atoms with Gasteiger partial charge in [-0.1, -0.05) is 0 Å². The monoisotopic (exact) mass is 392 g/mol. The van der Waals surface area contributed by atoms with Gasteiger partial charge in [-0.15, -0.1) is 0 Å². The van der Waals surface area contributed by atoms with Crippen LogP contribution in [0.4, 0.5) is 0 Å². The Hall–Kier alpha value is 3.67. The van der Waals surface area contributed by atoms with Crippen LogP contribution < -0.4 is 0 Å². The Morgan fingerprint density at radius 3 is 0.500 bits per heavy atom. The molecule has 6 heteroatoms. The first-order chi connectivity index (χ1) is 0. The van der Waals surface area contributed by atoms with Crippen LogP contribution in [0.25, 0.3) is 0 Å². The summed E-state index contributed by atoms with van der Waals surface area (Å²) in [4.78, 5) is 0. The summed E-state index contributed by atoms with van der Waals surface area (Å²) in [5.41, 5.74) is 0. The van der Waals surface area contributed by atoms with Crippen molar-refractivity contribution in [3.8, 4) is 0 Å². The smallest absolute Gasteiger partial charge is 3.00 e. The summed E-state index contributed by atoms with van der Waals surface area (Å²) in [6.07, 6.45) is 0. The summed E-state index contributed by atoms with van der Waals surface area (Å²) in [5, 5.41) is 0. The first-order valence-corrected chi connectivity index (χ1v) is 0. The van der Waals surface area contributed by atoms with Crippen molar-refractivity contribution >= 4 is 101 Å². The van der Waals surface area contributed by atoms with E-state index in [0.717, 1.165) is 0 Å². The molecular formula is GaIn2P3. The molecule has 0 bridgehead atoms. The van der Waals surface area contributed by atoms with Crippen molar-refractivity contribution in [3.05, 3.63) is 0 Å². The Balaban J connectivity index is 0. The van der Waals surface area contributed by atoms with Gasteiger partial charge in [0.05, 0.1) is 0 Å². The van der Waals surface area contributed by atoms with Crippen molar-refractivity contribution in [2.45, 2.75) is 0 Å². The van der Waals surface area contributed by atoms with E-state index in [-0.39, 0.29) is 101 Å². The molecule has 0 amide bonds. The summed E-state index contributed by atoms with van der Waals surface area (Å²) in [7, 11) is 0. The van der Waals surface area contributed by atoms with Gasteiger partial charge in [-0.05, 0) is 0 Å². The Morgan fingerprint density at radius 2 is 0.500 bits per heavy atom. The maximum Gasteiger partial charge on any atom is 3.00 e. The number of hydrogen-bond donors (Lipinski definition) is 0. The minimum Gasteiger partial charge on any atom is -3.00 e. The molecule has 0 nitrogen and oxygen atoms in total. The summed E-state index contributed by atoms with van der Waals surface area (Å²) < 4.78 is 0. The van der Waals surface area contributed by atoms with Gasteiger partial charge in [0.25, 0.3) is 0 Å². The van der Waals surface area contributed by atoms with E-state index in [1.807, 2.05) is 0 Å². The van der Waals surface area contributed by atoms with Crippen molar-refractivity contribution in [1.82, 2.24) is 0 Å². The van der Waals surface area contributed by atoms with Crippen LogP contribution in [0.2, 0.25) is 0 Å². The largest absolute Gasteiger partial charge is 3.00 e. The third-order valence-electron chi connectivity index (χ3n) is 0. The van der Waals surface area contributed by atoms with Crippen molar-refractivity contribution < 1.29 is 0 Å². The topological polar surface area (TPSA) is 0 Å². The Kier molecular flexibility index (Phi) is 341. The molecule has 0 aromatic carbocycles. The summed E-state index contributed by atoms with van der Waals surface area (Å²) >= 11 is 0. The van der Waals surface area contributed by atoms with E-state index in [4.69, 9.17) is 0 Å². The van der Waals surface area contributed by atoms with E-state index >= 15 is 0 Å². The Morgan fingerprint density at radius 1 is 0.500 bits per heavy atom. The fourth-order valence-electron chi connectivity index (χ4n) is 0. The molecule has 0 fully saturated rings. The van der Waals surface area contributed by atoms with E-state index < -0.39 is 0 Å². The molecule has 0 saturated heterocycles. The van der Waals surface area contributed by atoms with E-state index in [0.29, 0.717) is 0 Å². The predicted octanol–water partition coefficient (Wildman–Crippen LogP) is 1.44. The molecule has 0 aliphatic heterocycles. The van der Waals surface area contributed by atoms with Gasteiger partial charge >= 0.3 is 71.5 Å². The third-order valence-corrected chi connectivity index (χ3v) is 0. The van der Waals surface area contributed by atoms with Crippen LogP contribution in [-0.2, 0) is 0 Å². The molecule has 0 saturated carbocycles. The van der Waals surface area contributed by atoms with Gasteiger partial charge in [0.2, 0.25) is 0 Å². The van der Waals surface area contributed by atoms with Gasteiger partial charge in [-0.3, -0.25) is 0 Å². The van der Waals surface area contributed by atoms with Crippen LogP contribution in [0.15, 0.2) is 0 Å². The molecule has 0 atom stereocenters. The second-order valence-electron chi connectivity index (χ2n) is 0. The van der Waals surface area contributed by atoms with Gasteiger partial charge in [0.1, 0.15) is 0 Å². The van der Waals surface area contributed by atoms with Gasteiger partial charge in [0, 0.05) is 0 Å². The van der Waals surface area contributed by atoms with Gasteiger partial charge in [-0.2, -0.15) is 0 Å². The average Bonchev–Trinajstić information content (AvgIpc) is 0. The molecule has 0 spiro atoms. The maximum atomic E-state index is 0. The molecule has 0 aromatic rings. The molecule has 0 unspecified atom stereocenters. The minimum absolute atomic E-state index is 0. The number of rotatable bonds is 0. The van der Waals surface area contributed by atoms with E-state index in [1.54, 1.807) is 0 Å². The fourth-order valence-corrected chi connectivity index (χ4v) is 0. The summed E-state index contributed by atoms with van der Waals surface area (Å²) in [6.45, 7) is 0. The molecule has 0 heterocycles. The zero-order valence-electron chi connectivity index (χ0n) is 3.07. The standard InChI is InChI=1S/Ga.2In.3P/q3*+3;3*-3. The molecule has 0 rings (SSSR count). The van der Waals surface area contributed by atoms with Crippen molar-refractivity contribution in [2.75, 3.05) is 0 Å². The van der Waals surface area contributed by atoms with Crippen LogP contribution in [0, 0.1) is 0 Å². The van der Waals surface area contributed by atoms with Crippen LogP contribution >= 0.6 is 29.7 Å². The van der Waals surface area contributed by atoms with E-state index in [9.17, 15) is 0 Å². The molecule has 0 radical (unpaired) electrons. The first-order valence-electron chi connectivity index (χ1n) is 0. The molecule has 0 N–H and O–H groups in total. The summed E-state index contributed by atoms with van der Waals surface area (Å²) in [5.74, 6) is 0. The quantitative estimate of drug-likeness (QED) is 0.433. The fraction of sp³-hybridized carbons (Fsp3) is 0. The molecule has 0 aliphatic carbocycles. The Labute approximate surface area is 99.6 Å². The van der Waals surface area contributed by atoms with Gasteiger partial charge in [0.15, 0.2) is 0 Å². The SMILES string of the molecule is [Ga+3].[In+3].[In+3].[P-3].[P-3].[P-3]. The number of hydrogen-bond acceptors (Lipinski definition) is 0. The minimum atomic E-state index is 0. The molecular weight excluding hydrogens is 392 g/mol. The zero-order chi connectivity index (χ0) is 0. The van der Waals surface area contributed by atoms with Crippen molar-refractivity contribution in [1.29, 1.82) is 0 Å². The Bertz CT molecular complexity index is 8.75. The van der Waals surface area contributed by atoms with Crippen LogP contribution in [-0.4, -0.2) is 71.5 Å². The average molecular weight is 392 g/mol. The van der Waals surface area contributed by atoms with Crippen LogP contribution in [0.1, 0.15) is 0 Å². The van der Waals surface area contributed by atoms with Gasteiger partial charge in [-0.25, -0.2) is 0 Å². The van der Waals surface area contributed by atoms with Crippen LogP contribution in [0.3, 0.4) is 0 Å². The van der Waals surface area contributed by atoms with E-state index in [1.165, 1.54) is 0 Å². The molecule has 0 aliphatic rings. The van der Waals surface area contributed by atoms with Crippen LogP contribution in [0.5, 0.6) is 0 Å². The summed E-state index contributed by atoms with van der Waals surface area (Å²) in [6, 6.07) is 0. The third kappa shape index (κ3) is 25.3. The molecule has 0 aromatic heterocycles. The maximum absolute atomic E-state index is 0. The second kappa shape index (κ2) is 37.9. The zero-order valence-corrected chi connectivity index (χ0v) is 14.8. The predicted molar refractivity (Wildman–Crippen MR) is 38.0 cm³/mol. The van der Waals surface area contributed by atoms with Gasteiger partial charge < -0.3 is 29.7 Å². The molecule has 24 valence electrons.